The SMILES string of the molecule is NN(Cc1ccccc1)C1=CC(=O)C=C(O)C1=O. The van der Waals surface area contributed by atoms with E-state index in [-0.39, 0.29) is 12.2 Å². The van der Waals surface area contributed by atoms with Crippen molar-refractivity contribution in [1.82, 2.24) is 5.01 Å². The van der Waals surface area contributed by atoms with E-state index in [0.29, 0.717) is 0 Å². The molecule has 0 saturated heterocycles. The van der Waals surface area contributed by atoms with Gasteiger partial charge in [-0.15, -0.1) is 0 Å². The third kappa shape index (κ3) is 2.46. The first-order valence-electron chi connectivity index (χ1n) is 5.35. The molecule has 0 aromatic heterocycles. The second-order valence-corrected chi connectivity index (χ2v) is 3.90. The van der Waals surface area contributed by atoms with Crippen molar-refractivity contribution in [2.24, 2.45) is 5.84 Å². The lowest BCUT2D eigenvalue weighted by atomic mass is 10.1. The van der Waals surface area contributed by atoms with Crippen molar-refractivity contribution in [3.05, 3.63) is 59.5 Å². The van der Waals surface area contributed by atoms with E-state index in [9.17, 15) is 14.7 Å². The fraction of sp³-hybridized carbons (Fsp3) is 0.0769. The van der Waals surface area contributed by atoms with Gasteiger partial charge in [0.1, 0.15) is 5.70 Å². The van der Waals surface area contributed by atoms with Crippen LogP contribution in [0.15, 0.2) is 53.9 Å². The van der Waals surface area contributed by atoms with Crippen LogP contribution in [-0.4, -0.2) is 21.7 Å². The van der Waals surface area contributed by atoms with Crippen LogP contribution >= 0.6 is 0 Å². The molecule has 0 unspecified atom stereocenters. The number of aliphatic hydroxyl groups is 1. The van der Waals surface area contributed by atoms with Gasteiger partial charge in [-0.1, -0.05) is 30.3 Å². The Bertz CT molecular complexity index is 547. The lowest BCUT2D eigenvalue weighted by Gasteiger charge is -2.22. The van der Waals surface area contributed by atoms with Gasteiger partial charge in [-0.05, 0) is 5.56 Å². The Hall–Kier alpha value is -2.40. The summed E-state index contributed by atoms with van der Waals surface area (Å²) >= 11 is 0. The zero-order valence-corrected chi connectivity index (χ0v) is 9.54. The summed E-state index contributed by atoms with van der Waals surface area (Å²) in [6.45, 7) is 0.277. The number of benzene rings is 1. The van der Waals surface area contributed by atoms with Crippen LogP contribution in [0.1, 0.15) is 5.56 Å². The predicted octanol–water partition coefficient (Wildman–Crippen LogP) is 0.840. The molecule has 0 heterocycles. The number of Topliss-reactive ketones (excluding diaryl/α,β-unsaturated/α-hetero) is 1. The molecule has 1 aliphatic carbocycles. The molecule has 5 heteroatoms. The minimum absolute atomic E-state index is 0.0103. The summed E-state index contributed by atoms with van der Waals surface area (Å²) in [5.41, 5.74) is 0.888. The van der Waals surface area contributed by atoms with Gasteiger partial charge in [0, 0.05) is 12.2 Å². The number of carbonyl (C=O) groups excluding carboxylic acids is 2. The number of hydrazine groups is 1. The number of nitrogens with two attached hydrogens (primary N) is 1. The molecule has 18 heavy (non-hydrogen) atoms. The van der Waals surface area contributed by atoms with E-state index in [1.165, 1.54) is 0 Å². The predicted molar refractivity (Wildman–Crippen MR) is 65.0 cm³/mol. The van der Waals surface area contributed by atoms with Crippen LogP contribution in [0, 0.1) is 0 Å². The van der Waals surface area contributed by atoms with Gasteiger partial charge in [-0.25, -0.2) is 5.84 Å². The fourth-order valence-electron chi connectivity index (χ4n) is 1.65. The Labute approximate surface area is 104 Å². The van der Waals surface area contributed by atoms with Crippen LogP contribution in [0.2, 0.25) is 0 Å². The van der Waals surface area contributed by atoms with Gasteiger partial charge in [0.25, 0.3) is 0 Å². The maximum atomic E-state index is 11.6. The summed E-state index contributed by atoms with van der Waals surface area (Å²) in [5, 5.41) is 10.5. The summed E-state index contributed by atoms with van der Waals surface area (Å²) in [6, 6.07) is 9.27. The number of rotatable bonds is 3. The molecule has 0 atom stereocenters. The number of allylic oxidation sites excluding steroid dienone is 2. The number of ketones is 2. The fourth-order valence-corrected chi connectivity index (χ4v) is 1.65. The maximum absolute atomic E-state index is 11.6. The van der Waals surface area contributed by atoms with Crippen molar-refractivity contribution < 1.29 is 14.7 Å². The van der Waals surface area contributed by atoms with Crippen LogP contribution in [0.3, 0.4) is 0 Å². The van der Waals surface area contributed by atoms with Gasteiger partial charge in [0.2, 0.25) is 5.78 Å². The number of aliphatic hydroxyl groups excluding tert-OH is 1. The summed E-state index contributed by atoms with van der Waals surface area (Å²) < 4.78 is 0. The first-order chi connectivity index (χ1) is 8.58. The van der Waals surface area contributed by atoms with E-state index < -0.39 is 17.3 Å². The molecule has 0 aliphatic heterocycles. The van der Waals surface area contributed by atoms with Crippen LogP contribution in [0.5, 0.6) is 0 Å². The van der Waals surface area contributed by atoms with Crippen LogP contribution in [0.25, 0.3) is 0 Å². The summed E-state index contributed by atoms with van der Waals surface area (Å²) in [5.74, 6) is 4.07. The van der Waals surface area contributed by atoms with Crippen LogP contribution < -0.4 is 5.84 Å². The summed E-state index contributed by atoms with van der Waals surface area (Å²) in [4.78, 5) is 22.9. The third-order valence-corrected chi connectivity index (χ3v) is 2.53. The summed E-state index contributed by atoms with van der Waals surface area (Å²) in [6.07, 6.45) is 1.99. The van der Waals surface area contributed by atoms with E-state index in [1.54, 1.807) is 0 Å². The topological polar surface area (TPSA) is 83.6 Å². The van der Waals surface area contributed by atoms with E-state index in [0.717, 1.165) is 22.7 Å². The molecule has 0 bridgehead atoms. The zero-order valence-electron chi connectivity index (χ0n) is 9.54. The van der Waals surface area contributed by atoms with Crippen molar-refractivity contribution in [2.45, 2.75) is 6.54 Å². The second kappa shape index (κ2) is 4.85. The van der Waals surface area contributed by atoms with E-state index in [4.69, 9.17) is 5.84 Å². The van der Waals surface area contributed by atoms with Crippen LogP contribution in [-0.2, 0) is 16.1 Å². The first-order valence-corrected chi connectivity index (χ1v) is 5.35. The standard InChI is InChI=1S/C13H12N2O3/c14-15(8-9-4-2-1-3-5-9)11-6-10(16)7-12(17)13(11)18/h1-7,17H,8,14H2. The van der Waals surface area contributed by atoms with Gasteiger partial charge in [-0.3, -0.25) is 9.59 Å². The Kier molecular flexibility index (Phi) is 3.25. The van der Waals surface area contributed by atoms with Crippen LogP contribution in [0.4, 0.5) is 0 Å². The normalized spacial score (nSPS) is 15.2. The van der Waals surface area contributed by atoms with Crippen molar-refractivity contribution in [1.29, 1.82) is 0 Å². The number of carbonyl (C=O) groups is 2. The lowest BCUT2D eigenvalue weighted by molar-refractivity contribution is -0.118. The minimum Gasteiger partial charge on any atom is -0.504 e. The minimum atomic E-state index is -0.645. The maximum Gasteiger partial charge on any atom is 0.244 e. The highest BCUT2D eigenvalue weighted by atomic mass is 16.3. The average molecular weight is 244 g/mol. The van der Waals surface area contributed by atoms with Gasteiger partial charge in [0.15, 0.2) is 11.5 Å². The molecule has 0 spiro atoms. The van der Waals surface area contributed by atoms with E-state index >= 15 is 0 Å². The number of nitrogens with zero attached hydrogens (tertiary/aromatic N) is 1. The molecule has 0 radical (unpaired) electrons. The van der Waals surface area contributed by atoms with Gasteiger partial charge >= 0.3 is 0 Å². The molecule has 1 aliphatic rings. The molecule has 1 aromatic carbocycles. The molecule has 92 valence electrons. The average Bonchev–Trinajstić information content (AvgIpc) is 2.35. The van der Waals surface area contributed by atoms with Gasteiger partial charge in [0.05, 0.1) is 6.54 Å². The Morgan fingerprint density at radius 1 is 1.11 bits per heavy atom. The lowest BCUT2D eigenvalue weighted by Crippen LogP contribution is -2.35. The highest BCUT2D eigenvalue weighted by Crippen LogP contribution is 2.15. The molecular weight excluding hydrogens is 232 g/mol. The van der Waals surface area contributed by atoms with E-state index in [2.05, 4.69) is 0 Å². The van der Waals surface area contributed by atoms with Crippen molar-refractivity contribution in [3.8, 4) is 0 Å². The highest BCUT2D eigenvalue weighted by Gasteiger charge is 2.24. The summed E-state index contributed by atoms with van der Waals surface area (Å²) in [7, 11) is 0. The van der Waals surface area contributed by atoms with Crippen molar-refractivity contribution >= 4 is 11.6 Å². The third-order valence-electron chi connectivity index (χ3n) is 2.53. The molecule has 0 fully saturated rings. The number of hydrogen-bond donors (Lipinski definition) is 2. The Morgan fingerprint density at radius 3 is 2.44 bits per heavy atom. The quantitative estimate of drug-likeness (QED) is 0.467. The van der Waals surface area contributed by atoms with Crippen molar-refractivity contribution in [3.63, 3.8) is 0 Å². The van der Waals surface area contributed by atoms with Gasteiger partial charge < -0.3 is 10.1 Å². The smallest absolute Gasteiger partial charge is 0.244 e. The second-order valence-electron chi connectivity index (χ2n) is 3.90. The highest BCUT2D eigenvalue weighted by molar-refractivity contribution is 6.18. The number of hydrogen-bond acceptors (Lipinski definition) is 5. The first kappa shape index (κ1) is 12.1. The Balaban J connectivity index is 2.17. The zero-order chi connectivity index (χ0) is 13.1. The molecule has 2 rings (SSSR count). The molecule has 0 saturated carbocycles. The van der Waals surface area contributed by atoms with Crippen molar-refractivity contribution in [2.75, 3.05) is 0 Å². The van der Waals surface area contributed by atoms with E-state index in [1.807, 2.05) is 30.3 Å². The molecule has 5 nitrogen and oxygen atoms in total. The van der Waals surface area contributed by atoms with Gasteiger partial charge in [-0.2, -0.15) is 0 Å². The largest absolute Gasteiger partial charge is 0.504 e. The Morgan fingerprint density at radius 2 is 1.78 bits per heavy atom. The molecule has 0 amide bonds. The molecule has 3 N–H and O–H groups in total. The molecular formula is C13H12N2O3. The monoisotopic (exact) mass is 244 g/mol. The molecule has 1 aromatic rings.